The summed E-state index contributed by atoms with van der Waals surface area (Å²) in [4.78, 5) is 36.1. The lowest BCUT2D eigenvalue weighted by Crippen LogP contribution is -2.50. The van der Waals surface area contributed by atoms with Gasteiger partial charge in [0.15, 0.2) is 0 Å². The molecule has 2 fully saturated rings. The minimum absolute atomic E-state index is 0.0805. The Labute approximate surface area is 136 Å². The van der Waals surface area contributed by atoms with Gasteiger partial charge in [-0.05, 0) is 40.0 Å². The van der Waals surface area contributed by atoms with Crippen molar-refractivity contribution in [2.45, 2.75) is 77.6 Å². The number of rotatable bonds is 5. The van der Waals surface area contributed by atoms with E-state index in [-0.39, 0.29) is 17.8 Å². The van der Waals surface area contributed by atoms with Crippen molar-refractivity contribution >= 4 is 17.9 Å². The van der Waals surface area contributed by atoms with E-state index in [0.29, 0.717) is 25.7 Å². The number of esters is 3. The monoisotopic (exact) mass is 326 g/mol. The van der Waals surface area contributed by atoms with Gasteiger partial charge in [-0.25, -0.2) is 4.79 Å². The SMILES string of the molecule is CCC(C)C(=O)OC(C)(C)C(=O)OC1(C)CCC2CC1OC2=O. The van der Waals surface area contributed by atoms with E-state index in [1.54, 1.807) is 13.8 Å². The Balaban J connectivity index is 2.02. The van der Waals surface area contributed by atoms with Crippen LogP contribution in [0.4, 0.5) is 0 Å². The zero-order valence-electron chi connectivity index (χ0n) is 14.5. The fraction of sp³-hybridized carbons (Fsp3) is 0.824. The molecule has 130 valence electrons. The molecule has 6 nitrogen and oxygen atoms in total. The fourth-order valence-electron chi connectivity index (χ4n) is 2.88. The second kappa shape index (κ2) is 6.13. The molecule has 0 aromatic carbocycles. The summed E-state index contributed by atoms with van der Waals surface area (Å²) in [5.41, 5.74) is -2.23. The first-order valence-corrected chi connectivity index (χ1v) is 8.26. The summed E-state index contributed by atoms with van der Waals surface area (Å²) in [6.45, 7) is 8.45. The maximum atomic E-state index is 12.5. The lowest BCUT2D eigenvalue weighted by molar-refractivity contribution is -0.200. The lowest BCUT2D eigenvalue weighted by atomic mass is 9.79. The Morgan fingerprint density at radius 2 is 2.09 bits per heavy atom. The van der Waals surface area contributed by atoms with Crippen molar-refractivity contribution in [1.82, 2.24) is 0 Å². The quantitative estimate of drug-likeness (QED) is 0.570. The smallest absolute Gasteiger partial charge is 0.350 e. The van der Waals surface area contributed by atoms with Crippen LogP contribution >= 0.6 is 0 Å². The van der Waals surface area contributed by atoms with Crippen LogP contribution in [0.5, 0.6) is 0 Å². The average Bonchev–Trinajstić information content (AvgIpc) is 2.80. The van der Waals surface area contributed by atoms with Crippen LogP contribution in [-0.2, 0) is 28.6 Å². The van der Waals surface area contributed by atoms with E-state index >= 15 is 0 Å². The summed E-state index contributed by atoms with van der Waals surface area (Å²) in [6.07, 6.45) is 2.01. The van der Waals surface area contributed by atoms with Crippen molar-refractivity contribution in [3.8, 4) is 0 Å². The number of hydrogen-bond donors (Lipinski definition) is 0. The van der Waals surface area contributed by atoms with E-state index in [1.807, 2.05) is 6.92 Å². The first-order valence-electron chi connectivity index (χ1n) is 8.26. The van der Waals surface area contributed by atoms with Gasteiger partial charge in [0.25, 0.3) is 0 Å². The summed E-state index contributed by atoms with van der Waals surface area (Å²) >= 11 is 0. The van der Waals surface area contributed by atoms with Crippen LogP contribution in [0.15, 0.2) is 0 Å². The Morgan fingerprint density at radius 3 is 2.70 bits per heavy atom. The van der Waals surface area contributed by atoms with Crippen LogP contribution in [0.1, 0.15) is 60.3 Å². The van der Waals surface area contributed by atoms with Crippen molar-refractivity contribution in [2.24, 2.45) is 11.8 Å². The molecule has 6 heteroatoms. The number of carbonyl (C=O) groups is 3. The molecular weight excluding hydrogens is 300 g/mol. The molecule has 1 saturated carbocycles. The number of ether oxygens (including phenoxy) is 3. The van der Waals surface area contributed by atoms with Gasteiger partial charge in [0.2, 0.25) is 5.60 Å². The first kappa shape index (κ1) is 17.8. The highest BCUT2D eigenvalue weighted by molar-refractivity contribution is 5.83. The van der Waals surface area contributed by atoms with Crippen molar-refractivity contribution in [3.05, 3.63) is 0 Å². The topological polar surface area (TPSA) is 78.9 Å². The molecule has 0 N–H and O–H groups in total. The molecule has 0 aromatic rings. The molecule has 2 rings (SSSR count). The third kappa shape index (κ3) is 3.51. The Hall–Kier alpha value is -1.59. The number of fused-ring (bicyclic) bond motifs is 2. The van der Waals surface area contributed by atoms with Crippen molar-refractivity contribution < 1.29 is 28.6 Å². The molecule has 1 aliphatic carbocycles. The van der Waals surface area contributed by atoms with Crippen LogP contribution < -0.4 is 0 Å². The molecule has 2 aliphatic rings. The highest BCUT2D eigenvalue weighted by Crippen LogP contribution is 2.43. The molecule has 0 aromatic heterocycles. The zero-order chi connectivity index (χ0) is 17.4. The van der Waals surface area contributed by atoms with Gasteiger partial charge in [0.1, 0.15) is 11.7 Å². The zero-order valence-corrected chi connectivity index (χ0v) is 14.5. The lowest BCUT2D eigenvalue weighted by Gasteiger charge is -2.38. The largest absolute Gasteiger partial charge is 0.458 e. The maximum Gasteiger partial charge on any atom is 0.350 e. The minimum atomic E-state index is -1.37. The Bertz CT molecular complexity index is 511. The maximum absolute atomic E-state index is 12.5. The van der Waals surface area contributed by atoms with E-state index in [0.717, 1.165) is 0 Å². The highest BCUT2D eigenvalue weighted by Gasteiger charge is 2.53. The summed E-state index contributed by atoms with van der Waals surface area (Å²) < 4.78 is 16.3. The van der Waals surface area contributed by atoms with Crippen molar-refractivity contribution in [3.63, 3.8) is 0 Å². The van der Waals surface area contributed by atoms with E-state index in [9.17, 15) is 14.4 Å². The van der Waals surface area contributed by atoms with Gasteiger partial charge in [-0.15, -0.1) is 0 Å². The summed E-state index contributed by atoms with van der Waals surface area (Å²) in [7, 11) is 0. The minimum Gasteiger partial charge on any atom is -0.458 e. The van der Waals surface area contributed by atoms with Crippen LogP contribution in [-0.4, -0.2) is 35.2 Å². The van der Waals surface area contributed by atoms with E-state index < -0.39 is 29.2 Å². The second-order valence-corrected chi connectivity index (χ2v) is 7.34. The molecular formula is C17H26O6. The van der Waals surface area contributed by atoms with Gasteiger partial charge in [0.05, 0.1) is 11.8 Å². The Kier molecular flexibility index (Phi) is 4.74. The summed E-state index contributed by atoms with van der Waals surface area (Å²) in [5.74, 6) is -1.60. The number of carbonyl (C=O) groups excluding carboxylic acids is 3. The van der Waals surface area contributed by atoms with Gasteiger partial charge in [-0.3, -0.25) is 9.59 Å². The van der Waals surface area contributed by atoms with E-state index in [4.69, 9.17) is 14.2 Å². The molecule has 23 heavy (non-hydrogen) atoms. The first-order chi connectivity index (χ1) is 10.6. The second-order valence-electron chi connectivity index (χ2n) is 7.34. The van der Waals surface area contributed by atoms with E-state index in [1.165, 1.54) is 13.8 Å². The highest BCUT2D eigenvalue weighted by atomic mass is 16.6. The average molecular weight is 326 g/mol. The van der Waals surface area contributed by atoms with Gasteiger partial charge >= 0.3 is 17.9 Å². The van der Waals surface area contributed by atoms with Gasteiger partial charge < -0.3 is 14.2 Å². The molecule has 0 amide bonds. The van der Waals surface area contributed by atoms with Crippen molar-refractivity contribution in [1.29, 1.82) is 0 Å². The third-order valence-corrected chi connectivity index (χ3v) is 4.95. The standard InChI is InChI=1S/C17H26O6/c1-6-10(2)13(18)22-16(3,4)15(20)23-17(5)8-7-11-9-12(17)21-14(11)19/h10-12H,6-9H2,1-5H3. The van der Waals surface area contributed by atoms with Crippen molar-refractivity contribution in [2.75, 3.05) is 0 Å². The molecule has 4 atom stereocenters. The summed E-state index contributed by atoms with van der Waals surface area (Å²) in [5, 5.41) is 0. The molecule has 0 radical (unpaired) electrons. The predicted octanol–water partition coefficient (Wildman–Crippen LogP) is 2.38. The van der Waals surface area contributed by atoms with Gasteiger partial charge in [-0.2, -0.15) is 0 Å². The third-order valence-electron chi connectivity index (χ3n) is 4.95. The van der Waals surface area contributed by atoms with Crippen LogP contribution in [0, 0.1) is 11.8 Å². The fourth-order valence-corrected chi connectivity index (χ4v) is 2.88. The van der Waals surface area contributed by atoms with Gasteiger partial charge in [-0.1, -0.05) is 13.8 Å². The van der Waals surface area contributed by atoms with Crippen LogP contribution in [0.25, 0.3) is 0 Å². The molecule has 0 spiro atoms. The normalized spacial score (nSPS) is 31.3. The molecule has 1 saturated heterocycles. The van der Waals surface area contributed by atoms with Gasteiger partial charge in [0, 0.05) is 6.42 Å². The number of hydrogen-bond acceptors (Lipinski definition) is 6. The molecule has 1 aliphatic heterocycles. The van der Waals surface area contributed by atoms with Crippen LogP contribution in [0.3, 0.4) is 0 Å². The predicted molar refractivity (Wildman–Crippen MR) is 81.3 cm³/mol. The molecule has 2 bridgehead atoms. The summed E-state index contributed by atoms with van der Waals surface area (Å²) in [6, 6.07) is 0. The molecule has 1 heterocycles. The van der Waals surface area contributed by atoms with E-state index in [2.05, 4.69) is 0 Å². The molecule has 4 unspecified atom stereocenters. The Morgan fingerprint density at radius 1 is 1.43 bits per heavy atom. The van der Waals surface area contributed by atoms with Crippen LogP contribution in [0.2, 0.25) is 0 Å².